The minimum atomic E-state index is -0.595. The van der Waals surface area contributed by atoms with Gasteiger partial charge in [0.2, 0.25) is 0 Å². The number of hydrogen-bond acceptors (Lipinski definition) is 4. The number of rotatable bonds is 2. The second-order valence-electron chi connectivity index (χ2n) is 3.69. The monoisotopic (exact) mass is 281 g/mol. The van der Waals surface area contributed by atoms with Crippen molar-refractivity contribution in [1.82, 2.24) is 19.6 Å². The zero-order chi connectivity index (χ0) is 13.4. The van der Waals surface area contributed by atoms with Crippen LogP contribution in [0.4, 0.5) is 20.3 Å². The maximum atomic E-state index is 13.6. The summed E-state index contributed by atoms with van der Waals surface area (Å²) in [6.07, 6.45) is 1.28. The molecule has 0 atom stereocenters. The molecule has 1 aromatic carbocycles. The fourth-order valence-electron chi connectivity index (χ4n) is 1.60. The average molecular weight is 282 g/mol. The first-order chi connectivity index (χ1) is 9.13. The summed E-state index contributed by atoms with van der Waals surface area (Å²) in [5, 5.41) is 6.78. The van der Waals surface area contributed by atoms with Crippen molar-refractivity contribution in [2.75, 3.05) is 5.32 Å². The third kappa shape index (κ3) is 2.19. The molecule has 0 bridgehead atoms. The quantitative estimate of drug-likeness (QED) is 0.734. The van der Waals surface area contributed by atoms with Crippen LogP contribution >= 0.6 is 11.6 Å². The molecular weight excluding hydrogens is 276 g/mol. The zero-order valence-electron chi connectivity index (χ0n) is 9.31. The van der Waals surface area contributed by atoms with E-state index in [9.17, 15) is 8.78 Å². The van der Waals surface area contributed by atoms with E-state index in [1.54, 1.807) is 0 Å². The third-order valence-corrected chi connectivity index (χ3v) is 2.61. The minimum absolute atomic E-state index is 0.0286. The van der Waals surface area contributed by atoms with Crippen molar-refractivity contribution in [2.24, 2.45) is 0 Å². The van der Waals surface area contributed by atoms with E-state index in [1.807, 2.05) is 0 Å². The highest BCUT2D eigenvalue weighted by molar-refractivity contribution is 6.29. The average Bonchev–Trinajstić information content (AvgIpc) is 2.82. The van der Waals surface area contributed by atoms with Gasteiger partial charge in [0.1, 0.15) is 28.9 Å². The lowest BCUT2D eigenvalue weighted by molar-refractivity contribution is 0.603. The van der Waals surface area contributed by atoms with Crippen LogP contribution in [0.25, 0.3) is 5.78 Å². The molecule has 0 saturated heterocycles. The Hall–Kier alpha value is -2.28. The summed E-state index contributed by atoms with van der Waals surface area (Å²) in [7, 11) is 0. The number of aromatic nitrogens is 4. The van der Waals surface area contributed by atoms with Crippen molar-refractivity contribution in [3.8, 4) is 0 Å². The number of benzene rings is 1. The van der Waals surface area contributed by atoms with Crippen molar-refractivity contribution in [1.29, 1.82) is 0 Å². The SMILES string of the molecule is Fc1ccc(F)c(Nc2cc(Cl)nc3ncnn23)c1. The van der Waals surface area contributed by atoms with Crippen LogP contribution in [0.5, 0.6) is 0 Å². The number of anilines is 2. The molecule has 5 nitrogen and oxygen atoms in total. The highest BCUT2D eigenvalue weighted by atomic mass is 35.5. The summed E-state index contributed by atoms with van der Waals surface area (Å²) in [5.41, 5.74) is -0.0286. The van der Waals surface area contributed by atoms with Gasteiger partial charge in [-0.15, -0.1) is 0 Å². The van der Waals surface area contributed by atoms with Gasteiger partial charge in [0.25, 0.3) is 5.78 Å². The Balaban J connectivity index is 2.10. The summed E-state index contributed by atoms with van der Waals surface area (Å²) in [6.45, 7) is 0. The number of fused-ring (bicyclic) bond motifs is 1. The van der Waals surface area contributed by atoms with Gasteiger partial charge >= 0.3 is 0 Å². The van der Waals surface area contributed by atoms with Gasteiger partial charge in [-0.2, -0.15) is 19.6 Å². The smallest absolute Gasteiger partial charge is 0.255 e. The van der Waals surface area contributed by atoms with Gasteiger partial charge in [-0.3, -0.25) is 0 Å². The first-order valence-electron chi connectivity index (χ1n) is 5.22. The Labute approximate surface area is 110 Å². The van der Waals surface area contributed by atoms with Crippen LogP contribution in [-0.4, -0.2) is 19.6 Å². The van der Waals surface area contributed by atoms with Crippen molar-refractivity contribution in [2.45, 2.75) is 0 Å². The second kappa shape index (κ2) is 4.43. The molecule has 0 aliphatic carbocycles. The lowest BCUT2D eigenvalue weighted by atomic mass is 10.3. The molecule has 8 heteroatoms. The normalized spacial score (nSPS) is 10.9. The predicted octanol–water partition coefficient (Wildman–Crippen LogP) is 2.80. The van der Waals surface area contributed by atoms with Crippen LogP contribution in [0.1, 0.15) is 0 Å². The lowest BCUT2D eigenvalue weighted by Crippen LogP contribution is -2.03. The van der Waals surface area contributed by atoms with E-state index < -0.39 is 11.6 Å². The lowest BCUT2D eigenvalue weighted by Gasteiger charge is -2.09. The molecule has 0 aliphatic heterocycles. The Kier molecular flexibility index (Phi) is 2.75. The largest absolute Gasteiger partial charge is 0.338 e. The Bertz CT molecular complexity index is 758. The van der Waals surface area contributed by atoms with Gasteiger partial charge in [-0.05, 0) is 12.1 Å². The molecule has 0 fully saturated rings. The molecule has 0 amide bonds. The van der Waals surface area contributed by atoms with Crippen molar-refractivity contribution in [3.63, 3.8) is 0 Å². The maximum absolute atomic E-state index is 13.6. The standard InChI is InChI=1S/C11H6ClF2N5/c12-9-4-10(19-11(18-9)15-5-16-19)17-8-3-6(13)1-2-7(8)14/h1-5,17H. The number of nitrogens with zero attached hydrogens (tertiary/aromatic N) is 4. The summed E-state index contributed by atoms with van der Waals surface area (Å²) >= 11 is 5.82. The number of halogens is 3. The summed E-state index contributed by atoms with van der Waals surface area (Å²) in [5.74, 6) is -0.565. The molecule has 2 aromatic heterocycles. The van der Waals surface area contributed by atoms with Gasteiger partial charge in [0.05, 0.1) is 5.69 Å². The second-order valence-corrected chi connectivity index (χ2v) is 4.07. The number of hydrogen-bond donors (Lipinski definition) is 1. The topological polar surface area (TPSA) is 55.1 Å². The molecule has 0 saturated carbocycles. The van der Waals surface area contributed by atoms with Crippen LogP contribution in [0.3, 0.4) is 0 Å². The predicted molar refractivity (Wildman–Crippen MR) is 65.4 cm³/mol. The van der Waals surface area contributed by atoms with Gasteiger partial charge < -0.3 is 5.32 Å². The fourth-order valence-corrected chi connectivity index (χ4v) is 1.78. The van der Waals surface area contributed by atoms with E-state index in [4.69, 9.17) is 11.6 Å². The Morgan fingerprint density at radius 2 is 2.05 bits per heavy atom. The minimum Gasteiger partial charge on any atom is -0.338 e. The van der Waals surface area contributed by atoms with Gasteiger partial charge in [0.15, 0.2) is 0 Å². The highest BCUT2D eigenvalue weighted by Gasteiger charge is 2.09. The van der Waals surface area contributed by atoms with E-state index in [-0.39, 0.29) is 16.6 Å². The van der Waals surface area contributed by atoms with Crippen molar-refractivity contribution >= 4 is 28.9 Å². The van der Waals surface area contributed by atoms with Crippen LogP contribution in [0.15, 0.2) is 30.6 Å². The Morgan fingerprint density at radius 1 is 1.21 bits per heavy atom. The molecular formula is C11H6ClF2N5. The van der Waals surface area contributed by atoms with E-state index in [2.05, 4.69) is 20.4 Å². The molecule has 3 aromatic rings. The zero-order valence-corrected chi connectivity index (χ0v) is 10.1. The number of nitrogens with one attached hydrogen (secondary N) is 1. The van der Waals surface area contributed by atoms with E-state index >= 15 is 0 Å². The van der Waals surface area contributed by atoms with Crippen molar-refractivity contribution < 1.29 is 8.78 Å². The van der Waals surface area contributed by atoms with E-state index in [0.717, 1.165) is 18.2 Å². The Morgan fingerprint density at radius 3 is 2.89 bits per heavy atom. The third-order valence-electron chi connectivity index (χ3n) is 2.41. The first kappa shape index (κ1) is 11.8. The molecule has 0 radical (unpaired) electrons. The van der Waals surface area contributed by atoms with Gasteiger partial charge in [-0.1, -0.05) is 11.6 Å². The summed E-state index contributed by atoms with van der Waals surface area (Å²) in [6, 6.07) is 4.53. The van der Waals surface area contributed by atoms with Crippen molar-refractivity contribution in [3.05, 3.63) is 47.4 Å². The molecule has 19 heavy (non-hydrogen) atoms. The molecule has 96 valence electrons. The van der Waals surface area contributed by atoms with Crippen LogP contribution in [0, 0.1) is 11.6 Å². The van der Waals surface area contributed by atoms with E-state index in [1.165, 1.54) is 16.9 Å². The highest BCUT2D eigenvalue weighted by Crippen LogP contribution is 2.22. The van der Waals surface area contributed by atoms with Gasteiger partial charge in [0, 0.05) is 12.1 Å². The molecule has 1 N–H and O–H groups in total. The summed E-state index contributed by atoms with van der Waals surface area (Å²) < 4.78 is 28.0. The fraction of sp³-hybridized carbons (Fsp3) is 0. The van der Waals surface area contributed by atoms with Crippen LogP contribution in [-0.2, 0) is 0 Å². The van der Waals surface area contributed by atoms with Crippen LogP contribution in [0.2, 0.25) is 5.15 Å². The molecule has 0 unspecified atom stereocenters. The van der Waals surface area contributed by atoms with Crippen LogP contribution < -0.4 is 5.32 Å². The first-order valence-corrected chi connectivity index (χ1v) is 5.59. The summed E-state index contributed by atoms with van der Waals surface area (Å²) in [4.78, 5) is 7.80. The van der Waals surface area contributed by atoms with Gasteiger partial charge in [-0.25, -0.2) is 8.78 Å². The molecule has 0 aliphatic rings. The molecule has 2 heterocycles. The molecule has 0 spiro atoms. The molecule has 3 rings (SSSR count). The van der Waals surface area contributed by atoms with E-state index in [0.29, 0.717) is 5.82 Å². The maximum Gasteiger partial charge on any atom is 0.255 e.